The van der Waals surface area contributed by atoms with Gasteiger partial charge in [-0.2, -0.15) is 22.0 Å². The molecular formula is C10H5BrF5NO. The zero-order chi connectivity index (χ0) is 14.0. The van der Waals surface area contributed by atoms with Crippen molar-refractivity contribution in [3.63, 3.8) is 0 Å². The predicted molar refractivity (Wildman–Crippen MR) is 57.0 cm³/mol. The Balaban J connectivity index is 2.85. The SMILES string of the molecule is O=C(/C=C/c1ccc(Br)cn1)C(F)(F)C(F)(F)F. The third-order valence-corrected chi connectivity index (χ3v) is 2.29. The van der Waals surface area contributed by atoms with Crippen molar-refractivity contribution in [3.05, 3.63) is 34.6 Å². The molecule has 0 saturated heterocycles. The summed E-state index contributed by atoms with van der Waals surface area (Å²) in [6.07, 6.45) is -3.65. The van der Waals surface area contributed by atoms with Gasteiger partial charge in [0, 0.05) is 10.7 Å². The molecule has 1 aromatic heterocycles. The number of alkyl halides is 5. The van der Waals surface area contributed by atoms with E-state index < -0.39 is 17.9 Å². The van der Waals surface area contributed by atoms with Gasteiger partial charge in [0.05, 0.1) is 5.69 Å². The number of carbonyl (C=O) groups is 1. The quantitative estimate of drug-likeness (QED) is 0.626. The van der Waals surface area contributed by atoms with Crippen molar-refractivity contribution in [2.24, 2.45) is 0 Å². The minimum absolute atomic E-state index is 0.0875. The molecule has 0 aliphatic carbocycles. The van der Waals surface area contributed by atoms with Crippen LogP contribution in [0.25, 0.3) is 6.08 Å². The molecule has 0 aliphatic rings. The normalized spacial score (nSPS) is 13.0. The van der Waals surface area contributed by atoms with Crippen molar-refractivity contribution in [3.8, 4) is 0 Å². The minimum Gasteiger partial charge on any atom is -0.288 e. The van der Waals surface area contributed by atoms with E-state index in [-0.39, 0.29) is 11.8 Å². The van der Waals surface area contributed by atoms with Crippen LogP contribution >= 0.6 is 15.9 Å². The Bertz CT molecular complexity index is 466. The molecule has 0 atom stereocenters. The second-order valence-electron chi connectivity index (χ2n) is 3.17. The molecule has 2 nitrogen and oxygen atoms in total. The Hall–Kier alpha value is -1.31. The Kier molecular flexibility index (Phi) is 4.20. The predicted octanol–water partition coefficient (Wildman–Crippen LogP) is 3.62. The summed E-state index contributed by atoms with van der Waals surface area (Å²) in [6.45, 7) is 0. The average Bonchev–Trinajstić information content (AvgIpc) is 2.26. The first-order chi connectivity index (χ1) is 8.14. The lowest BCUT2D eigenvalue weighted by Gasteiger charge is -2.15. The number of nitrogens with zero attached hydrogens (tertiary/aromatic N) is 1. The van der Waals surface area contributed by atoms with Crippen molar-refractivity contribution in [2.75, 3.05) is 0 Å². The second kappa shape index (κ2) is 5.13. The molecule has 0 N–H and O–H groups in total. The fraction of sp³-hybridized carbons (Fsp3) is 0.200. The highest BCUT2D eigenvalue weighted by Crippen LogP contribution is 2.36. The summed E-state index contributed by atoms with van der Waals surface area (Å²) in [5, 5.41) is 0. The van der Waals surface area contributed by atoms with Crippen LogP contribution in [0.3, 0.4) is 0 Å². The Morgan fingerprint density at radius 3 is 2.28 bits per heavy atom. The lowest BCUT2D eigenvalue weighted by molar-refractivity contribution is -0.266. The van der Waals surface area contributed by atoms with Gasteiger partial charge in [-0.3, -0.25) is 9.78 Å². The van der Waals surface area contributed by atoms with E-state index in [1.54, 1.807) is 0 Å². The van der Waals surface area contributed by atoms with Crippen molar-refractivity contribution >= 4 is 27.8 Å². The molecule has 0 aromatic carbocycles. The van der Waals surface area contributed by atoms with Gasteiger partial charge in [-0.05, 0) is 40.2 Å². The van der Waals surface area contributed by atoms with Gasteiger partial charge in [-0.1, -0.05) is 0 Å². The van der Waals surface area contributed by atoms with Gasteiger partial charge in [0.1, 0.15) is 0 Å². The molecule has 98 valence electrons. The maximum atomic E-state index is 12.5. The molecule has 0 fully saturated rings. The van der Waals surface area contributed by atoms with E-state index in [0.717, 1.165) is 6.08 Å². The van der Waals surface area contributed by atoms with E-state index in [9.17, 15) is 26.7 Å². The van der Waals surface area contributed by atoms with Crippen LogP contribution in [0, 0.1) is 0 Å². The Morgan fingerprint density at radius 1 is 1.22 bits per heavy atom. The van der Waals surface area contributed by atoms with Crippen LogP contribution < -0.4 is 0 Å². The van der Waals surface area contributed by atoms with Crippen LogP contribution in [0.5, 0.6) is 0 Å². The number of hydrogen-bond donors (Lipinski definition) is 0. The maximum absolute atomic E-state index is 12.5. The first-order valence-electron chi connectivity index (χ1n) is 4.43. The van der Waals surface area contributed by atoms with Crippen LogP contribution in [-0.2, 0) is 4.79 Å². The van der Waals surface area contributed by atoms with Crippen LogP contribution in [0.15, 0.2) is 28.9 Å². The van der Waals surface area contributed by atoms with Gasteiger partial charge < -0.3 is 0 Å². The summed E-state index contributed by atoms with van der Waals surface area (Å²) in [4.78, 5) is 14.4. The first-order valence-corrected chi connectivity index (χ1v) is 5.22. The summed E-state index contributed by atoms with van der Waals surface area (Å²) >= 11 is 3.06. The molecular weight excluding hydrogens is 325 g/mol. The van der Waals surface area contributed by atoms with E-state index in [0.29, 0.717) is 4.47 Å². The highest BCUT2D eigenvalue weighted by Gasteiger charge is 2.62. The van der Waals surface area contributed by atoms with Gasteiger partial charge >= 0.3 is 12.1 Å². The molecule has 0 saturated carbocycles. The molecule has 1 rings (SSSR count). The summed E-state index contributed by atoms with van der Waals surface area (Å²) in [6, 6.07) is 2.85. The molecule has 18 heavy (non-hydrogen) atoms. The van der Waals surface area contributed by atoms with Crippen molar-refractivity contribution in [2.45, 2.75) is 12.1 Å². The maximum Gasteiger partial charge on any atom is 0.461 e. The molecule has 0 unspecified atom stereocenters. The number of rotatable bonds is 3. The van der Waals surface area contributed by atoms with Crippen LogP contribution in [0.1, 0.15) is 5.69 Å². The molecule has 0 radical (unpaired) electrons. The number of halogens is 6. The molecule has 1 heterocycles. The van der Waals surface area contributed by atoms with Crippen LogP contribution in [0.4, 0.5) is 22.0 Å². The standard InChI is InChI=1S/C10H5BrF5NO/c11-6-1-2-7(17-5-6)3-4-8(18)9(12,13)10(14,15)16/h1-5H/b4-3+. The van der Waals surface area contributed by atoms with E-state index in [1.807, 2.05) is 0 Å². The lowest BCUT2D eigenvalue weighted by Crippen LogP contribution is -2.43. The lowest BCUT2D eigenvalue weighted by atomic mass is 10.2. The van der Waals surface area contributed by atoms with E-state index in [1.165, 1.54) is 18.3 Å². The highest BCUT2D eigenvalue weighted by molar-refractivity contribution is 9.10. The van der Waals surface area contributed by atoms with Crippen molar-refractivity contribution in [1.82, 2.24) is 4.98 Å². The van der Waals surface area contributed by atoms with E-state index in [4.69, 9.17) is 0 Å². The third kappa shape index (κ3) is 3.34. The van der Waals surface area contributed by atoms with Crippen molar-refractivity contribution < 1.29 is 26.7 Å². The minimum atomic E-state index is -5.90. The number of allylic oxidation sites excluding steroid dienone is 1. The van der Waals surface area contributed by atoms with Gasteiger partial charge in [-0.15, -0.1) is 0 Å². The summed E-state index contributed by atoms with van der Waals surface area (Å²) < 4.78 is 61.2. The molecule has 8 heteroatoms. The molecule has 0 spiro atoms. The fourth-order valence-corrected chi connectivity index (χ4v) is 1.13. The van der Waals surface area contributed by atoms with E-state index in [2.05, 4.69) is 20.9 Å². The van der Waals surface area contributed by atoms with Gasteiger partial charge in [0.2, 0.25) is 5.78 Å². The largest absolute Gasteiger partial charge is 0.461 e. The zero-order valence-electron chi connectivity index (χ0n) is 8.51. The smallest absolute Gasteiger partial charge is 0.288 e. The Labute approximate surface area is 107 Å². The summed E-state index contributed by atoms with van der Waals surface area (Å²) in [7, 11) is 0. The number of ketones is 1. The van der Waals surface area contributed by atoms with Gasteiger partial charge in [0.15, 0.2) is 0 Å². The van der Waals surface area contributed by atoms with Crippen LogP contribution in [-0.4, -0.2) is 22.9 Å². The highest BCUT2D eigenvalue weighted by atomic mass is 79.9. The molecule has 0 bridgehead atoms. The number of aromatic nitrogens is 1. The third-order valence-electron chi connectivity index (χ3n) is 1.82. The number of carbonyl (C=O) groups excluding carboxylic acids is 1. The van der Waals surface area contributed by atoms with Crippen molar-refractivity contribution in [1.29, 1.82) is 0 Å². The molecule has 0 amide bonds. The zero-order valence-corrected chi connectivity index (χ0v) is 10.1. The van der Waals surface area contributed by atoms with Crippen LogP contribution in [0.2, 0.25) is 0 Å². The summed E-state index contributed by atoms with van der Waals surface area (Å²) in [5.41, 5.74) is 0.0875. The van der Waals surface area contributed by atoms with Gasteiger partial charge in [-0.25, -0.2) is 0 Å². The Morgan fingerprint density at radius 2 is 1.83 bits per heavy atom. The fourth-order valence-electron chi connectivity index (χ4n) is 0.891. The average molecular weight is 330 g/mol. The second-order valence-corrected chi connectivity index (χ2v) is 4.09. The summed E-state index contributed by atoms with van der Waals surface area (Å²) in [5.74, 6) is -7.72. The van der Waals surface area contributed by atoms with Gasteiger partial charge in [0.25, 0.3) is 0 Å². The number of hydrogen-bond acceptors (Lipinski definition) is 2. The van der Waals surface area contributed by atoms with E-state index >= 15 is 0 Å². The molecule has 1 aromatic rings. The monoisotopic (exact) mass is 329 g/mol. The topological polar surface area (TPSA) is 30.0 Å². The number of pyridine rings is 1. The molecule has 0 aliphatic heterocycles. The first kappa shape index (κ1) is 14.7.